The predicted octanol–water partition coefficient (Wildman–Crippen LogP) is 2.16. The number of allylic oxidation sites excluding steroid dienone is 1. The second kappa shape index (κ2) is 2.27. The van der Waals surface area contributed by atoms with Crippen molar-refractivity contribution >= 4 is 21.9 Å². The third-order valence-electron chi connectivity index (χ3n) is 3.23. The van der Waals surface area contributed by atoms with Gasteiger partial charge in [-0.25, -0.2) is 4.79 Å². The van der Waals surface area contributed by atoms with Gasteiger partial charge in [0.1, 0.15) is 10.1 Å². The molecule has 3 rings (SSSR count). The Morgan fingerprint density at radius 3 is 2.85 bits per heavy atom. The first-order valence-corrected chi connectivity index (χ1v) is 5.29. The molecule has 0 aromatic heterocycles. The van der Waals surface area contributed by atoms with Gasteiger partial charge in [-0.15, -0.1) is 0 Å². The highest BCUT2D eigenvalue weighted by atomic mass is 79.9. The van der Waals surface area contributed by atoms with Gasteiger partial charge in [0, 0.05) is 5.92 Å². The van der Waals surface area contributed by atoms with Crippen LogP contribution in [0.1, 0.15) is 12.8 Å². The molecule has 0 aromatic carbocycles. The van der Waals surface area contributed by atoms with E-state index in [-0.39, 0.29) is 11.6 Å². The van der Waals surface area contributed by atoms with E-state index in [9.17, 15) is 4.79 Å². The number of hydrogen-bond donors (Lipinski definition) is 0. The Morgan fingerprint density at radius 1 is 1.54 bits per heavy atom. The Morgan fingerprint density at radius 2 is 2.38 bits per heavy atom. The van der Waals surface area contributed by atoms with Crippen LogP contribution in [0.4, 0.5) is 0 Å². The summed E-state index contributed by atoms with van der Waals surface area (Å²) < 4.78 is 6.02. The lowest BCUT2D eigenvalue weighted by molar-refractivity contribution is -0.147. The number of carbonyl (C=O) groups is 1. The Bertz CT molecular complexity index is 345. The summed E-state index contributed by atoms with van der Waals surface area (Å²) in [6, 6.07) is 0. The number of ether oxygens (including phenoxy) is 1. The van der Waals surface area contributed by atoms with Crippen molar-refractivity contribution in [2.45, 2.75) is 18.4 Å². The number of rotatable bonds is 0. The average Bonchev–Trinajstić information content (AvgIpc) is 2.68. The summed E-state index contributed by atoms with van der Waals surface area (Å²) in [5.41, 5.74) is -0.296. The lowest BCUT2D eigenvalue weighted by atomic mass is 9.89. The molecule has 3 aliphatic rings. The number of hydrogen-bond acceptors (Lipinski definition) is 2. The van der Waals surface area contributed by atoms with Crippen molar-refractivity contribution in [3.63, 3.8) is 0 Å². The molecular formula is C10H9BrO2. The largest absolute Gasteiger partial charge is 0.450 e. The second-order valence-corrected chi connectivity index (χ2v) is 4.88. The minimum absolute atomic E-state index is 0.207. The molecule has 0 saturated heterocycles. The smallest absolute Gasteiger partial charge is 0.345 e. The van der Waals surface area contributed by atoms with Crippen LogP contribution in [-0.4, -0.2) is 11.6 Å². The van der Waals surface area contributed by atoms with Crippen LogP contribution in [-0.2, 0) is 9.53 Å². The van der Waals surface area contributed by atoms with Gasteiger partial charge in [0.15, 0.2) is 0 Å². The Hall–Kier alpha value is -0.570. The van der Waals surface area contributed by atoms with Gasteiger partial charge in [-0.2, -0.15) is 0 Å². The molecule has 0 aromatic rings. The monoisotopic (exact) mass is 240 g/mol. The second-order valence-electron chi connectivity index (χ2n) is 4.03. The maximum Gasteiger partial charge on any atom is 0.345 e. The molecular weight excluding hydrogens is 232 g/mol. The predicted molar refractivity (Wildman–Crippen MR) is 51.2 cm³/mol. The van der Waals surface area contributed by atoms with E-state index >= 15 is 0 Å². The lowest BCUT2D eigenvalue weighted by Gasteiger charge is -2.27. The normalized spacial score (nSPS) is 45.9. The molecule has 0 unspecified atom stereocenters. The van der Waals surface area contributed by atoms with Crippen LogP contribution in [0.15, 0.2) is 22.7 Å². The fourth-order valence-corrected chi connectivity index (χ4v) is 3.13. The summed E-state index contributed by atoms with van der Waals surface area (Å²) in [4.78, 5) is 11.3. The summed E-state index contributed by atoms with van der Waals surface area (Å²) in [5.74, 6) is 0.824. The minimum Gasteiger partial charge on any atom is -0.450 e. The van der Waals surface area contributed by atoms with Crippen LogP contribution in [0.5, 0.6) is 0 Å². The van der Waals surface area contributed by atoms with Crippen LogP contribution in [0.25, 0.3) is 0 Å². The van der Waals surface area contributed by atoms with Crippen LogP contribution in [0.2, 0.25) is 0 Å². The highest BCUT2D eigenvalue weighted by molar-refractivity contribution is 9.12. The molecule has 1 saturated carbocycles. The summed E-state index contributed by atoms with van der Waals surface area (Å²) >= 11 is 3.22. The standard InChI is InChI=1S/C10H9BrO2/c11-8-5-10(13-9(8)12)4-6-1-2-7(10)3-6/h1-2,5-7H,3-4H2/t6-,7+,10+/m0/s1. The van der Waals surface area contributed by atoms with E-state index in [1.54, 1.807) is 0 Å². The molecule has 0 N–H and O–H groups in total. The van der Waals surface area contributed by atoms with Crippen molar-refractivity contribution in [2.24, 2.45) is 11.8 Å². The molecule has 2 nitrogen and oxygen atoms in total. The fourth-order valence-electron chi connectivity index (χ4n) is 2.66. The molecule has 0 amide bonds. The van der Waals surface area contributed by atoms with Crippen LogP contribution in [0, 0.1) is 11.8 Å². The highest BCUT2D eigenvalue weighted by Gasteiger charge is 2.53. The molecule has 0 radical (unpaired) electrons. The van der Waals surface area contributed by atoms with E-state index in [1.807, 2.05) is 6.08 Å². The van der Waals surface area contributed by atoms with Gasteiger partial charge in [-0.1, -0.05) is 12.2 Å². The first-order valence-electron chi connectivity index (χ1n) is 4.50. The van der Waals surface area contributed by atoms with Gasteiger partial charge in [-0.3, -0.25) is 0 Å². The van der Waals surface area contributed by atoms with E-state index < -0.39 is 0 Å². The zero-order valence-electron chi connectivity index (χ0n) is 7.00. The Balaban J connectivity index is 2.02. The van der Waals surface area contributed by atoms with Crippen molar-refractivity contribution in [1.29, 1.82) is 0 Å². The number of esters is 1. The average molecular weight is 241 g/mol. The molecule has 3 atom stereocenters. The van der Waals surface area contributed by atoms with E-state index in [1.165, 1.54) is 0 Å². The Labute approximate surface area is 84.8 Å². The zero-order valence-corrected chi connectivity index (χ0v) is 8.58. The van der Waals surface area contributed by atoms with Gasteiger partial charge < -0.3 is 4.74 Å². The van der Waals surface area contributed by atoms with E-state index in [2.05, 4.69) is 28.1 Å². The van der Waals surface area contributed by atoms with Crippen molar-refractivity contribution in [1.82, 2.24) is 0 Å². The molecule has 2 aliphatic carbocycles. The lowest BCUT2D eigenvalue weighted by Crippen LogP contribution is -2.32. The molecule has 1 heterocycles. The van der Waals surface area contributed by atoms with Gasteiger partial charge in [0.25, 0.3) is 0 Å². The molecule has 68 valence electrons. The third-order valence-corrected chi connectivity index (χ3v) is 3.78. The van der Waals surface area contributed by atoms with Gasteiger partial charge in [-0.05, 0) is 40.8 Å². The van der Waals surface area contributed by atoms with Crippen LogP contribution < -0.4 is 0 Å². The van der Waals surface area contributed by atoms with Crippen molar-refractivity contribution in [2.75, 3.05) is 0 Å². The number of halogens is 1. The third kappa shape index (κ3) is 0.909. The molecule has 1 fully saturated rings. The topological polar surface area (TPSA) is 26.3 Å². The Kier molecular flexibility index (Phi) is 1.36. The SMILES string of the molecule is O=C1O[C@@]2(C=C1Br)C[C@H]1C=C[C@@H]2C1. The maximum atomic E-state index is 11.3. The summed E-state index contributed by atoms with van der Waals surface area (Å²) in [7, 11) is 0. The molecule has 1 aliphatic heterocycles. The fraction of sp³-hybridized carbons (Fsp3) is 0.500. The van der Waals surface area contributed by atoms with Crippen molar-refractivity contribution < 1.29 is 9.53 Å². The van der Waals surface area contributed by atoms with Crippen molar-refractivity contribution in [3.05, 3.63) is 22.7 Å². The highest BCUT2D eigenvalue weighted by Crippen LogP contribution is 2.52. The quantitative estimate of drug-likeness (QED) is 0.479. The van der Waals surface area contributed by atoms with Gasteiger partial charge >= 0.3 is 5.97 Å². The number of fused-ring (bicyclic) bond motifs is 3. The summed E-state index contributed by atoms with van der Waals surface area (Å²) in [6.45, 7) is 0. The minimum atomic E-state index is -0.296. The maximum absolute atomic E-state index is 11.3. The van der Waals surface area contributed by atoms with Crippen LogP contribution >= 0.6 is 15.9 Å². The zero-order chi connectivity index (χ0) is 9.05. The summed E-state index contributed by atoms with van der Waals surface area (Å²) in [6.07, 6.45) is 8.48. The molecule has 13 heavy (non-hydrogen) atoms. The van der Waals surface area contributed by atoms with E-state index in [0.29, 0.717) is 16.3 Å². The van der Waals surface area contributed by atoms with Crippen molar-refractivity contribution in [3.8, 4) is 0 Å². The van der Waals surface area contributed by atoms with E-state index in [0.717, 1.165) is 12.8 Å². The summed E-state index contributed by atoms with van der Waals surface area (Å²) in [5, 5.41) is 0. The first kappa shape index (κ1) is 7.80. The first-order chi connectivity index (χ1) is 6.20. The van der Waals surface area contributed by atoms with Gasteiger partial charge in [0.2, 0.25) is 0 Å². The molecule has 1 spiro atoms. The van der Waals surface area contributed by atoms with E-state index in [4.69, 9.17) is 4.74 Å². The van der Waals surface area contributed by atoms with Gasteiger partial charge in [0.05, 0.1) is 0 Å². The molecule has 3 heteroatoms. The number of carbonyl (C=O) groups excluding carboxylic acids is 1. The molecule has 2 bridgehead atoms. The van der Waals surface area contributed by atoms with Crippen LogP contribution in [0.3, 0.4) is 0 Å².